The van der Waals surface area contributed by atoms with Crippen LogP contribution in [0, 0.1) is 0 Å². The number of rotatable bonds is 6. The highest BCUT2D eigenvalue weighted by molar-refractivity contribution is 6.21. The number of imide groups is 1. The van der Waals surface area contributed by atoms with Crippen LogP contribution in [0.25, 0.3) is 0 Å². The maximum absolute atomic E-state index is 12.0. The Balaban J connectivity index is 1.49. The Hall–Kier alpha value is -3.68. The number of anilines is 1. The molecule has 8 heteroatoms. The molecule has 0 bridgehead atoms. The molecule has 8 nitrogen and oxygen atoms in total. The molecule has 0 spiro atoms. The van der Waals surface area contributed by atoms with E-state index in [1.165, 1.54) is 25.2 Å². The van der Waals surface area contributed by atoms with Gasteiger partial charge in [-0.1, -0.05) is 18.2 Å². The van der Waals surface area contributed by atoms with Crippen LogP contribution >= 0.6 is 0 Å². The summed E-state index contributed by atoms with van der Waals surface area (Å²) in [5.41, 5.74) is 0.824. The number of nitrogens with one attached hydrogen (secondary N) is 1. The SMILES string of the molecule is CN1C(=O)c2ccc(NC(=O)COC(=O)COc3ccccc3)cc2C1=O. The van der Waals surface area contributed by atoms with Gasteiger partial charge in [0.1, 0.15) is 5.75 Å². The minimum atomic E-state index is -0.689. The summed E-state index contributed by atoms with van der Waals surface area (Å²) < 4.78 is 10.1. The van der Waals surface area contributed by atoms with Crippen LogP contribution in [-0.2, 0) is 14.3 Å². The quantitative estimate of drug-likeness (QED) is 0.612. The second kappa shape index (κ2) is 7.69. The minimum absolute atomic E-state index is 0.216. The zero-order valence-electron chi connectivity index (χ0n) is 14.4. The molecular weight excluding hydrogens is 352 g/mol. The maximum Gasteiger partial charge on any atom is 0.344 e. The minimum Gasteiger partial charge on any atom is -0.482 e. The third-order valence-corrected chi connectivity index (χ3v) is 3.84. The molecule has 1 aliphatic rings. The zero-order valence-corrected chi connectivity index (χ0v) is 14.4. The molecule has 138 valence electrons. The Labute approximate surface area is 154 Å². The number of carbonyl (C=O) groups is 4. The van der Waals surface area contributed by atoms with E-state index in [0.29, 0.717) is 11.4 Å². The van der Waals surface area contributed by atoms with Gasteiger partial charge in [0, 0.05) is 12.7 Å². The summed E-state index contributed by atoms with van der Waals surface area (Å²) in [5.74, 6) is -1.57. The van der Waals surface area contributed by atoms with E-state index < -0.39 is 24.4 Å². The molecule has 0 radical (unpaired) electrons. The van der Waals surface area contributed by atoms with Crippen molar-refractivity contribution < 1.29 is 28.7 Å². The average molecular weight is 368 g/mol. The smallest absolute Gasteiger partial charge is 0.344 e. The molecule has 0 aliphatic carbocycles. The fraction of sp³-hybridized carbons (Fsp3) is 0.158. The van der Waals surface area contributed by atoms with Crippen LogP contribution in [0.15, 0.2) is 48.5 Å². The first-order chi connectivity index (χ1) is 13.0. The number of esters is 1. The van der Waals surface area contributed by atoms with Gasteiger partial charge in [-0.25, -0.2) is 4.79 Å². The third-order valence-electron chi connectivity index (χ3n) is 3.84. The van der Waals surface area contributed by atoms with Crippen molar-refractivity contribution in [2.75, 3.05) is 25.6 Å². The van der Waals surface area contributed by atoms with Gasteiger partial charge in [0.2, 0.25) is 0 Å². The molecule has 0 fully saturated rings. The van der Waals surface area contributed by atoms with Crippen molar-refractivity contribution in [3.63, 3.8) is 0 Å². The molecular formula is C19H16N2O6. The number of para-hydroxylation sites is 1. The second-order valence-electron chi connectivity index (χ2n) is 5.74. The Bertz CT molecular complexity index is 910. The van der Waals surface area contributed by atoms with E-state index in [0.717, 1.165) is 4.90 Å². The normalized spacial score (nSPS) is 12.6. The second-order valence-corrected chi connectivity index (χ2v) is 5.74. The number of nitrogens with zero attached hydrogens (tertiary/aromatic N) is 1. The third kappa shape index (κ3) is 4.12. The van der Waals surface area contributed by atoms with Gasteiger partial charge in [-0.3, -0.25) is 19.3 Å². The number of hydrogen-bond acceptors (Lipinski definition) is 6. The van der Waals surface area contributed by atoms with Gasteiger partial charge in [-0.2, -0.15) is 0 Å². The van der Waals surface area contributed by atoms with E-state index in [2.05, 4.69) is 5.32 Å². The van der Waals surface area contributed by atoms with E-state index >= 15 is 0 Å². The predicted octanol–water partition coefficient (Wildman–Crippen LogP) is 1.47. The lowest BCUT2D eigenvalue weighted by Crippen LogP contribution is -2.24. The molecule has 1 N–H and O–H groups in total. The van der Waals surface area contributed by atoms with Crippen LogP contribution in [0.1, 0.15) is 20.7 Å². The molecule has 1 heterocycles. The van der Waals surface area contributed by atoms with Crippen LogP contribution in [0.5, 0.6) is 5.75 Å². The monoisotopic (exact) mass is 368 g/mol. The lowest BCUT2D eigenvalue weighted by molar-refractivity contribution is -0.149. The fourth-order valence-electron chi connectivity index (χ4n) is 2.48. The average Bonchev–Trinajstić information content (AvgIpc) is 2.89. The van der Waals surface area contributed by atoms with Crippen molar-refractivity contribution in [1.29, 1.82) is 0 Å². The summed E-state index contributed by atoms with van der Waals surface area (Å²) in [6.45, 7) is -0.820. The van der Waals surface area contributed by atoms with Crippen molar-refractivity contribution >= 4 is 29.4 Å². The lowest BCUT2D eigenvalue weighted by atomic mass is 10.1. The first kappa shape index (κ1) is 18.1. The topological polar surface area (TPSA) is 102 Å². The molecule has 0 unspecified atom stereocenters. The molecule has 0 saturated carbocycles. The van der Waals surface area contributed by atoms with Crippen molar-refractivity contribution in [3.8, 4) is 5.75 Å². The maximum atomic E-state index is 12.0. The summed E-state index contributed by atoms with van der Waals surface area (Å²) >= 11 is 0. The summed E-state index contributed by atoms with van der Waals surface area (Å²) in [6.07, 6.45) is 0. The van der Waals surface area contributed by atoms with Gasteiger partial charge in [0.25, 0.3) is 17.7 Å². The first-order valence-corrected chi connectivity index (χ1v) is 8.05. The molecule has 3 rings (SSSR count). The van der Waals surface area contributed by atoms with E-state index in [-0.39, 0.29) is 23.6 Å². The Morgan fingerprint density at radius 2 is 1.67 bits per heavy atom. The van der Waals surface area contributed by atoms with Gasteiger partial charge in [0.05, 0.1) is 11.1 Å². The van der Waals surface area contributed by atoms with E-state index in [1.54, 1.807) is 24.3 Å². The van der Waals surface area contributed by atoms with E-state index in [1.807, 2.05) is 6.07 Å². The number of hydrogen-bond donors (Lipinski definition) is 1. The molecule has 2 aromatic rings. The Morgan fingerprint density at radius 1 is 0.963 bits per heavy atom. The number of fused-ring (bicyclic) bond motifs is 1. The van der Waals surface area contributed by atoms with Crippen LogP contribution in [0.2, 0.25) is 0 Å². The zero-order chi connectivity index (χ0) is 19.4. The van der Waals surface area contributed by atoms with Crippen molar-refractivity contribution in [1.82, 2.24) is 4.90 Å². The van der Waals surface area contributed by atoms with Crippen molar-refractivity contribution in [2.45, 2.75) is 0 Å². The van der Waals surface area contributed by atoms with E-state index in [4.69, 9.17) is 9.47 Å². The van der Waals surface area contributed by atoms with Gasteiger partial charge in [-0.15, -0.1) is 0 Å². The number of amides is 3. The number of benzene rings is 2. The largest absolute Gasteiger partial charge is 0.482 e. The molecule has 0 atom stereocenters. The molecule has 0 saturated heterocycles. The summed E-state index contributed by atoms with van der Waals surface area (Å²) in [5, 5.41) is 2.51. The molecule has 27 heavy (non-hydrogen) atoms. The highest BCUT2D eigenvalue weighted by atomic mass is 16.6. The van der Waals surface area contributed by atoms with Gasteiger partial charge in [-0.05, 0) is 30.3 Å². The van der Waals surface area contributed by atoms with Crippen LogP contribution in [-0.4, -0.2) is 48.9 Å². The van der Waals surface area contributed by atoms with Gasteiger partial charge in [0.15, 0.2) is 13.2 Å². The molecule has 0 aromatic heterocycles. The van der Waals surface area contributed by atoms with Gasteiger partial charge >= 0.3 is 5.97 Å². The molecule has 3 amide bonds. The summed E-state index contributed by atoms with van der Waals surface area (Å²) in [4.78, 5) is 48.3. The highest BCUT2D eigenvalue weighted by Crippen LogP contribution is 2.24. The van der Waals surface area contributed by atoms with Crippen LogP contribution in [0.4, 0.5) is 5.69 Å². The first-order valence-electron chi connectivity index (χ1n) is 8.05. The molecule has 2 aromatic carbocycles. The van der Waals surface area contributed by atoms with Crippen molar-refractivity contribution in [2.24, 2.45) is 0 Å². The van der Waals surface area contributed by atoms with Crippen LogP contribution in [0.3, 0.4) is 0 Å². The van der Waals surface area contributed by atoms with Crippen molar-refractivity contribution in [3.05, 3.63) is 59.7 Å². The lowest BCUT2D eigenvalue weighted by Gasteiger charge is -2.08. The summed E-state index contributed by atoms with van der Waals surface area (Å²) in [7, 11) is 1.39. The predicted molar refractivity (Wildman–Crippen MR) is 94.4 cm³/mol. The van der Waals surface area contributed by atoms with E-state index in [9.17, 15) is 19.2 Å². The Kier molecular flexibility index (Phi) is 5.16. The van der Waals surface area contributed by atoms with Crippen LogP contribution < -0.4 is 10.1 Å². The van der Waals surface area contributed by atoms with Gasteiger partial charge < -0.3 is 14.8 Å². The Morgan fingerprint density at radius 3 is 2.41 bits per heavy atom. The standard InChI is InChI=1S/C19H16N2O6/c1-21-18(24)14-8-7-12(9-15(14)19(21)25)20-16(22)10-27-17(23)11-26-13-5-3-2-4-6-13/h2-9H,10-11H2,1H3,(H,20,22). The fourth-order valence-corrected chi connectivity index (χ4v) is 2.48. The number of carbonyl (C=O) groups excluding carboxylic acids is 4. The number of ether oxygens (including phenoxy) is 2. The highest BCUT2D eigenvalue weighted by Gasteiger charge is 2.32. The summed E-state index contributed by atoms with van der Waals surface area (Å²) in [6, 6.07) is 13.1. The molecule has 1 aliphatic heterocycles.